The summed E-state index contributed by atoms with van der Waals surface area (Å²) in [6.07, 6.45) is 9.61. The van der Waals surface area contributed by atoms with Crippen LogP contribution in [0.3, 0.4) is 0 Å². The zero-order chi connectivity index (χ0) is 12.1. The molecule has 0 spiro atoms. The van der Waals surface area contributed by atoms with E-state index >= 15 is 0 Å². The van der Waals surface area contributed by atoms with Crippen molar-refractivity contribution >= 4 is 0 Å². The first kappa shape index (κ1) is 11.7. The van der Waals surface area contributed by atoms with Gasteiger partial charge in [-0.05, 0) is 43.9 Å². The smallest absolute Gasteiger partial charge is 0.161 e. The number of hydrogen-bond donors (Lipinski definition) is 1. The zero-order valence-corrected chi connectivity index (χ0v) is 10.8. The van der Waals surface area contributed by atoms with Crippen molar-refractivity contribution in [2.75, 3.05) is 0 Å². The number of hydrogen-bond acceptors (Lipinski definition) is 2. The van der Waals surface area contributed by atoms with E-state index in [1.807, 2.05) is 6.08 Å². The van der Waals surface area contributed by atoms with Crippen molar-refractivity contribution in [2.45, 2.75) is 63.8 Å². The van der Waals surface area contributed by atoms with E-state index in [0.717, 1.165) is 19.3 Å². The van der Waals surface area contributed by atoms with Crippen molar-refractivity contribution < 1.29 is 9.84 Å². The van der Waals surface area contributed by atoms with E-state index in [9.17, 15) is 5.11 Å². The Morgan fingerprint density at radius 2 is 2.18 bits per heavy atom. The van der Waals surface area contributed by atoms with Crippen LogP contribution in [0.15, 0.2) is 12.7 Å². The Kier molecular flexibility index (Phi) is 2.64. The molecule has 2 bridgehead atoms. The minimum absolute atomic E-state index is 0.00713. The molecule has 0 aromatic rings. The maximum atomic E-state index is 10.5. The fourth-order valence-corrected chi connectivity index (χ4v) is 4.98. The molecule has 0 radical (unpaired) electrons. The van der Waals surface area contributed by atoms with Crippen LogP contribution in [0.2, 0.25) is 0 Å². The van der Waals surface area contributed by atoms with E-state index in [1.54, 1.807) is 0 Å². The van der Waals surface area contributed by atoms with Gasteiger partial charge in [-0.2, -0.15) is 0 Å². The molecule has 96 valence electrons. The normalized spacial score (nSPS) is 53.2. The van der Waals surface area contributed by atoms with Crippen molar-refractivity contribution in [3.63, 3.8) is 0 Å². The van der Waals surface area contributed by atoms with Crippen molar-refractivity contribution in [3.05, 3.63) is 12.7 Å². The second kappa shape index (κ2) is 3.83. The number of rotatable bonds is 2. The lowest BCUT2D eigenvalue weighted by molar-refractivity contribution is -0.165. The Morgan fingerprint density at radius 3 is 2.94 bits per heavy atom. The second-order valence-electron chi connectivity index (χ2n) is 6.38. The third-order valence-electron chi connectivity index (χ3n) is 5.85. The van der Waals surface area contributed by atoms with E-state index in [4.69, 9.17) is 4.74 Å². The summed E-state index contributed by atoms with van der Waals surface area (Å²) in [5.74, 6) is 1.11. The van der Waals surface area contributed by atoms with Crippen LogP contribution in [0.1, 0.15) is 51.9 Å². The molecule has 0 aromatic heterocycles. The summed E-state index contributed by atoms with van der Waals surface area (Å²) >= 11 is 0. The molecule has 3 rings (SSSR count). The van der Waals surface area contributed by atoms with Gasteiger partial charge in [0.15, 0.2) is 6.29 Å². The van der Waals surface area contributed by atoms with Gasteiger partial charge in [-0.1, -0.05) is 25.8 Å². The Hall–Kier alpha value is -0.340. The summed E-state index contributed by atoms with van der Waals surface area (Å²) in [6.45, 7) is 6.20. The minimum atomic E-state index is -0.568. The molecule has 17 heavy (non-hydrogen) atoms. The summed E-state index contributed by atoms with van der Waals surface area (Å²) in [7, 11) is 0. The molecular formula is C15H24O2. The van der Waals surface area contributed by atoms with Gasteiger partial charge in [-0.25, -0.2) is 0 Å². The zero-order valence-electron chi connectivity index (χ0n) is 10.8. The molecule has 2 aliphatic carbocycles. The molecule has 0 aromatic carbocycles. The largest absolute Gasteiger partial charge is 0.367 e. The molecule has 1 aliphatic heterocycles. The topological polar surface area (TPSA) is 29.5 Å². The average molecular weight is 236 g/mol. The molecule has 3 aliphatic rings. The molecule has 1 N–H and O–H groups in total. The van der Waals surface area contributed by atoms with Crippen molar-refractivity contribution in [2.24, 2.45) is 17.3 Å². The van der Waals surface area contributed by atoms with Gasteiger partial charge in [0.1, 0.15) is 0 Å². The van der Waals surface area contributed by atoms with Gasteiger partial charge in [0.05, 0.1) is 5.60 Å². The van der Waals surface area contributed by atoms with E-state index < -0.39 is 6.29 Å². The lowest BCUT2D eigenvalue weighted by Crippen LogP contribution is -2.51. The average Bonchev–Trinajstić information content (AvgIpc) is 2.52. The van der Waals surface area contributed by atoms with E-state index in [1.165, 1.54) is 25.7 Å². The Bertz CT molecular complexity index is 327. The van der Waals surface area contributed by atoms with Crippen LogP contribution < -0.4 is 0 Å². The molecule has 1 unspecified atom stereocenters. The summed E-state index contributed by atoms with van der Waals surface area (Å²) in [5.41, 5.74) is -0.0341. The summed E-state index contributed by atoms with van der Waals surface area (Å²) < 4.78 is 6.11. The predicted octanol–water partition coefficient (Wildman–Crippen LogP) is 3.26. The van der Waals surface area contributed by atoms with E-state index in [-0.39, 0.29) is 11.0 Å². The first-order valence-corrected chi connectivity index (χ1v) is 7.12. The SMILES string of the molecule is C=CC[C@]12C(O)O[C@@]3(CCCC[C@@H]31)CC[C@H]2C. The van der Waals surface area contributed by atoms with Gasteiger partial charge in [-0.15, -0.1) is 6.58 Å². The van der Waals surface area contributed by atoms with Crippen LogP contribution in [-0.2, 0) is 4.74 Å². The maximum Gasteiger partial charge on any atom is 0.161 e. The molecule has 1 heterocycles. The van der Waals surface area contributed by atoms with Crippen LogP contribution in [0.5, 0.6) is 0 Å². The first-order chi connectivity index (χ1) is 8.16. The minimum Gasteiger partial charge on any atom is -0.367 e. The van der Waals surface area contributed by atoms with Gasteiger partial charge >= 0.3 is 0 Å². The van der Waals surface area contributed by atoms with Crippen molar-refractivity contribution in [1.29, 1.82) is 0 Å². The Labute approximate surface area is 104 Å². The number of aliphatic hydroxyl groups is 1. The lowest BCUT2D eigenvalue weighted by atomic mass is 9.52. The molecule has 5 atom stereocenters. The third-order valence-corrected chi connectivity index (χ3v) is 5.85. The number of allylic oxidation sites excluding steroid dienone is 1. The van der Waals surface area contributed by atoms with Crippen molar-refractivity contribution in [1.82, 2.24) is 0 Å². The fraction of sp³-hybridized carbons (Fsp3) is 0.867. The monoisotopic (exact) mass is 236 g/mol. The fourth-order valence-electron chi connectivity index (χ4n) is 4.98. The highest BCUT2D eigenvalue weighted by atomic mass is 16.6. The number of ether oxygens (including phenoxy) is 1. The van der Waals surface area contributed by atoms with Crippen LogP contribution in [-0.4, -0.2) is 17.0 Å². The van der Waals surface area contributed by atoms with Crippen LogP contribution in [0.25, 0.3) is 0 Å². The van der Waals surface area contributed by atoms with Gasteiger partial charge in [0, 0.05) is 5.41 Å². The maximum absolute atomic E-state index is 10.5. The molecule has 0 amide bonds. The molecule has 1 saturated heterocycles. The van der Waals surface area contributed by atoms with Gasteiger partial charge < -0.3 is 9.84 Å². The third kappa shape index (κ3) is 1.34. The van der Waals surface area contributed by atoms with Crippen molar-refractivity contribution in [3.8, 4) is 0 Å². The molecule has 2 nitrogen and oxygen atoms in total. The van der Waals surface area contributed by atoms with Gasteiger partial charge in [0.2, 0.25) is 0 Å². The Balaban J connectivity index is 2.04. The molecular weight excluding hydrogens is 212 g/mol. The van der Waals surface area contributed by atoms with E-state index in [0.29, 0.717) is 11.8 Å². The number of aliphatic hydroxyl groups excluding tert-OH is 1. The van der Waals surface area contributed by atoms with Gasteiger partial charge in [-0.3, -0.25) is 0 Å². The Morgan fingerprint density at radius 1 is 1.35 bits per heavy atom. The first-order valence-electron chi connectivity index (χ1n) is 7.12. The molecule has 2 heteroatoms. The molecule has 3 fully saturated rings. The molecule has 2 saturated carbocycles. The highest BCUT2D eigenvalue weighted by molar-refractivity contribution is 5.14. The van der Waals surface area contributed by atoms with Crippen LogP contribution >= 0.6 is 0 Å². The van der Waals surface area contributed by atoms with Gasteiger partial charge in [0.25, 0.3) is 0 Å². The lowest BCUT2D eigenvalue weighted by Gasteiger charge is -2.51. The second-order valence-corrected chi connectivity index (χ2v) is 6.38. The summed E-state index contributed by atoms with van der Waals surface area (Å²) in [5, 5.41) is 10.5. The van der Waals surface area contributed by atoms with Crippen LogP contribution in [0.4, 0.5) is 0 Å². The predicted molar refractivity (Wildman–Crippen MR) is 67.4 cm³/mol. The quantitative estimate of drug-likeness (QED) is 0.746. The standard InChI is InChI=1S/C15H24O2/c1-3-8-15-11(2)7-10-14(17-13(15)16)9-5-4-6-12(14)15/h3,11-13,16H,1,4-10H2,2H3/t11-,12+,13?,14+,15-/m1/s1. The van der Waals surface area contributed by atoms with E-state index in [2.05, 4.69) is 13.5 Å². The summed E-state index contributed by atoms with van der Waals surface area (Å²) in [6, 6.07) is 0. The summed E-state index contributed by atoms with van der Waals surface area (Å²) in [4.78, 5) is 0. The highest BCUT2D eigenvalue weighted by Gasteiger charge is 2.66. The highest BCUT2D eigenvalue weighted by Crippen LogP contribution is 2.65. The van der Waals surface area contributed by atoms with Crippen LogP contribution in [0, 0.1) is 17.3 Å².